The van der Waals surface area contributed by atoms with Crippen LogP contribution < -0.4 is 16.6 Å². The molecule has 26 heavy (non-hydrogen) atoms. The molecule has 1 amide bonds. The van der Waals surface area contributed by atoms with Crippen LogP contribution >= 0.6 is 0 Å². The van der Waals surface area contributed by atoms with Gasteiger partial charge in [-0.1, -0.05) is 18.2 Å². The summed E-state index contributed by atoms with van der Waals surface area (Å²) in [6.45, 7) is 1.19. The molecule has 3 rings (SSSR count). The average molecular weight is 359 g/mol. The Labute approximate surface area is 146 Å². The van der Waals surface area contributed by atoms with Crippen LogP contribution in [0.3, 0.4) is 0 Å². The molecule has 0 saturated carbocycles. The lowest BCUT2D eigenvalue weighted by Gasteiger charge is -2.16. The second-order valence-electron chi connectivity index (χ2n) is 5.82. The number of benzene rings is 2. The quantitative estimate of drug-likeness (QED) is 0.746. The van der Waals surface area contributed by atoms with Gasteiger partial charge < -0.3 is 5.32 Å². The van der Waals surface area contributed by atoms with Crippen molar-refractivity contribution in [3.63, 3.8) is 0 Å². The van der Waals surface area contributed by atoms with Gasteiger partial charge in [0.25, 0.3) is 5.56 Å². The molecule has 1 atom stereocenters. The molecule has 1 aromatic heterocycles. The molecule has 0 saturated heterocycles. The molecule has 134 valence electrons. The maximum Gasteiger partial charge on any atom is 0.329 e. The number of hydrogen-bond donors (Lipinski definition) is 2. The van der Waals surface area contributed by atoms with E-state index in [1.54, 1.807) is 31.2 Å². The highest BCUT2D eigenvalue weighted by Crippen LogP contribution is 2.17. The van der Waals surface area contributed by atoms with Gasteiger partial charge in [-0.25, -0.2) is 13.6 Å². The highest BCUT2D eigenvalue weighted by atomic mass is 19.1. The van der Waals surface area contributed by atoms with Crippen molar-refractivity contribution in [2.45, 2.75) is 19.5 Å². The summed E-state index contributed by atoms with van der Waals surface area (Å²) in [5, 5.41) is 2.83. The molecule has 0 spiro atoms. The average Bonchev–Trinajstić information content (AvgIpc) is 2.58. The fraction of sp³-hybridized carbons (Fsp3) is 0.167. The molecule has 3 aromatic rings. The number of carbonyl (C=O) groups is 1. The topological polar surface area (TPSA) is 84.0 Å². The Balaban J connectivity index is 1.86. The minimum atomic E-state index is -0.774. The van der Waals surface area contributed by atoms with Gasteiger partial charge in [0, 0.05) is 11.6 Å². The van der Waals surface area contributed by atoms with E-state index < -0.39 is 34.8 Å². The third-order valence-electron chi connectivity index (χ3n) is 4.01. The predicted molar refractivity (Wildman–Crippen MR) is 91.7 cm³/mol. The van der Waals surface area contributed by atoms with Crippen molar-refractivity contribution in [1.82, 2.24) is 14.9 Å². The molecule has 8 heteroatoms. The number of nitrogens with zero attached hydrogens (tertiary/aromatic N) is 1. The number of carbonyl (C=O) groups excluding carboxylic acids is 1. The maximum absolute atomic E-state index is 13.8. The Morgan fingerprint density at radius 2 is 1.92 bits per heavy atom. The van der Waals surface area contributed by atoms with Crippen LogP contribution in [0.15, 0.2) is 52.1 Å². The summed E-state index contributed by atoms with van der Waals surface area (Å²) in [6, 6.07) is 8.74. The van der Waals surface area contributed by atoms with E-state index in [1.807, 2.05) is 0 Å². The predicted octanol–water partition coefficient (Wildman–Crippen LogP) is 1.85. The lowest BCUT2D eigenvalue weighted by Crippen LogP contribution is -2.37. The fourth-order valence-corrected chi connectivity index (χ4v) is 2.76. The van der Waals surface area contributed by atoms with Crippen LogP contribution in [0.4, 0.5) is 8.78 Å². The van der Waals surface area contributed by atoms with Crippen LogP contribution in [0, 0.1) is 11.6 Å². The number of nitrogens with one attached hydrogen (secondary N) is 2. The molecule has 0 aliphatic heterocycles. The van der Waals surface area contributed by atoms with Gasteiger partial charge in [-0.05, 0) is 25.1 Å². The first-order valence-corrected chi connectivity index (χ1v) is 7.83. The van der Waals surface area contributed by atoms with Crippen LogP contribution in [0.25, 0.3) is 10.9 Å². The standard InChI is InChI=1S/C18H15F2N3O3/c1-10(12-7-6-11(19)8-14(12)20)21-16(24)9-23-15-5-3-2-4-13(15)17(25)22-18(23)26/h2-8,10H,9H2,1H3,(H,21,24)(H,22,25,26)/t10-/m1/s1. The van der Waals surface area contributed by atoms with Gasteiger partial charge in [0.1, 0.15) is 18.2 Å². The first-order chi connectivity index (χ1) is 12.4. The van der Waals surface area contributed by atoms with Crippen molar-refractivity contribution in [3.05, 3.63) is 80.5 Å². The van der Waals surface area contributed by atoms with Crippen molar-refractivity contribution >= 4 is 16.8 Å². The molecule has 0 fully saturated rings. The molecular formula is C18H15F2N3O3. The van der Waals surface area contributed by atoms with Crippen LogP contribution in [0.5, 0.6) is 0 Å². The van der Waals surface area contributed by atoms with Crippen molar-refractivity contribution in [1.29, 1.82) is 0 Å². The van der Waals surface area contributed by atoms with E-state index in [-0.39, 0.29) is 17.5 Å². The van der Waals surface area contributed by atoms with E-state index in [4.69, 9.17) is 0 Å². The molecular weight excluding hydrogens is 344 g/mol. The molecule has 2 aromatic carbocycles. The van der Waals surface area contributed by atoms with Crippen LogP contribution in [-0.4, -0.2) is 15.5 Å². The van der Waals surface area contributed by atoms with Gasteiger partial charge in [-0.2, -0.15) is 0 Å². The summed E-state index contributed by atoms with van der Waals surface area (Å²) in [7, 11) is 0. The van der Waals surface area contributed by atoms with Gasteiger partial charge >= 0.3 is 5.69 Å². The van der Waals surface area contributed by atoms with Crippen molar-refractivity contribution < 1.29 is 13.6 Å². The number of fused-ring (bicyclic) bond motifs is 1. The lowest BCUT2D eigenvalue weighted by molar-refractivity contribution is -0.122. The van der Waals surface area contributed by atoms with E-state index in [0.29, 0.717) is 5.52 Å². The van der Waals surface area contributed by atoms with Crippen molar-refractivity contribution in [2.75, 3.05) is 0 Å². The molecule has 0 bridgehead atoms. The highest BCUT2D eigenvalue weighted by molar-refractivity contribution is 5.81. The summed E-state index contributed by atoms with van der Waals surface area (Å²) >= 11 is 0. The number of hydrogen-bond acceptors (Lipinski definition) is 3. The third kappa shape index (κ3) is 3.39. The van der Waals surface area contributed by atoms with E-state index in [9.17, 15) is 23.2 Å². The molecule has 0 aliphatic carbocycles. The van der Waals surface area contributed by atoms with Gasteiger partial charge in [0.2, 0.25) is 5.91 Å². The number of rotatable bonds is 4. The minimum Gasteiger partial charge on any atom is -0.348 e. The fourth-order valence-electron chi connectivity index (χ4n) is 2.76. The van der Waals surface area contributed by atoms with E-state index in [2.05, 4.69) is 10.3 Å². The van der Waals surface area contributed by atoms with Crippen molar-refractivity contribution in [2.24, 2.45) is 0 Å². The second kappa shape index (κ2) is 6.91. The summed E-state index contributed by atoms with van der Waals surface area (Å²) in [4.78, 5) is 38.3. The molecule has 6 nitrogen and oxygen atoms in total. The molecule has 0 radical (unpaired) electrons. The van der Waals surface area contributed by atoms with Gasteiger partial charge in [0.15, 0.2) is 0 Å². The monoisotopic (exact) mass is 359 g/mol. The van der Waals surface area contributed by atoms with Gasteiger partial charge in [-0.3, -0.25) is 19.1 Å². The van der Waals surface area contributed by atoms with Crippen LogP contribution in [-0.2, 0) is 11.3 Å². The van der Waals surface area contributed by atoms with E-state index in [1.165, 1.54) is 6.07 Å². The number of halogens is 2. The molecule has 0 aliphatic rings. The summed E-state index contributed by atoms with van der Waals surface area (Å²) in [6.07, 6.45) is 0. The number of para-hydroxylation sites is 1. The number of aromatic nitrogens is 2. The first-order valence-electron chi connectivity index (χ1n) is 7.83. The normalized spacial score (nSPS) is 12.1. The summed E-state index contributed by atoms with van der Waals surface area (Å²) in [5.74, 6) is -2.04. The van der Waals surface area contributed by atoms with E-state index >= 15 is 0 Å². The maximum atomic E-state index is 13.8. The Hall–Kier alpha value is -3.29. The van der Waals surface area contributed by atoms with Crippen molar-refractivity contribution in [3.8, 4) is 0 Å². The number of H-pyrrole nitrogens is 1. The van der Waals surface area contributed by atoms with Crippen LogP contribution in [0.2, 0.25) is 0 Å². The van der Waals surface area contributed by atoms with Gasteiger partial charge in [0.05, 0.1) is 16.9 Å². The Bertz CT molecular complexity index is 1100. The van der Waals surface area contributed by atoms with Crippen LogP contribution in [0.1, 0.15) is 18.5 Å². The molecule has 0 unspecified atom stereocenters. The lowest BCUT2D eigenvalue weighted by atomic mass is 10.1. The molecule has 1 heterocycles. The number of aromatic amines is 1. The zero-order chi connectivity index (χ0) is 18.8. The van der Waals surface area contributed by atoms with Gasteiger partial charge in [-0.15, -0.1) is 0 Å². The zero-order valence-electron chi connectivity index (χ0n) is 13.8. The Morgan fingerprint density at radius 1 is 1.19 bits per heavy atom. The zero-order valence-corrected chi connectivity index (χ0v) is 13.8. The Kier molecular flexibility index (Phi) is 4.66. The highest BCUT2D eigenvalue weighted by Gasteiger charge is 2.16. The molecule has 2 N–H and O–H groups in total. The third-order valence-corrected chi connectivity index (χ3v) is 4.01. The largest absolute Gasteiger partial charge is 0.348 e. The minimum absolute atomic E-state index is 0.124. The first kappa shape index (κ1) is 17.5. The smallest absolute Gasteiger partial charge is 0.329 e. The summed E-state index contributed by atoms with van der Waals surface area (Å²) in [5.41, 5.74) is -0.816. The van der Waals surface area contributed by atoms with E-state index in [0.717, 1.165) is 16.7 Å². The Morgan fingerprint density at radius 3 is 2.65 bits per heavy atom. The SMILES string of the molecule is C[C@@H](NC(=O)Cn1c(=O)[nH]c(=O)c2ccccc21)c1ccc(F)cc1F. The summed E-state index contributed by atoms with van der Waals surface area (Å²) < 4.78 is 27.9. The second-order valence-corrected chi connectivity index (χ2v) is 5.82. The number of amides is 1.